The number of benzene rings is 1. The molecule has 2 saturated heterocycles. The lowest BCUT2D eigenvalue weighted by Gasteiger charge is -2.28. The highest BCUT2D eigenvalue weighted by Gasteiger charge is 2.38. The molecular formula is C22H27ClN4O. The Balaban J connectivity index is 1.37. The van der Waals surface area contributed by atoms with Gasteiger partial charge in [0.05, 0.1) is 16.2 Å². The van der Waals surface area contributed by atoms with E-state index in [-0.39, 0.29) is 5.91 Å². The van der Waals surface area contributed by atoms with E-state index in [2.05, 4.69) is 27.7 Å². The lowest BCUT2D eigenvalue weighted by Crippen LogP contribution is -2.43. The van der Waals surface area contributed by atoms with E-state index in [0.717, 1.165) is 42.7 Å². The van der Waals surface area contributed by atoms with Crippen LogP contribution < -0.4 is 15.5 Å². The summed E-state index contributed by atoms with van der Waals surface area (Å²) in [6.07, 6.45) is 7.89. The summed E-state index contributed by atoms with van der Waals surface area (Å²) in [5.41, 5.74) is 1.58. The molecule has 1 saturated carbocycles. The van der Waals surface area contributed by atoms with Crippen molar-refractivity contribution in [2.24, 2.45) is 5.92 Å². The number of pyridine rings is 1. The lowest BCUT2D eigenvalue weighted by atomic mass is 9.87. The van der Waals surface area contributed by atoms with Gasteiger partial charge in [0.25, 0.3) is 0 Å². The van der Waals surface area contributed by atoms with E-state index in [1.165, 1.54) is 25.7 Å². The molecule has 1 aromatic heterocycles. The summed E-state index contributed by atoms with van der Waals surface area (Å²) < 4.78 is 0. The van der Waals surface area contributed by atoms with Gasteiger partial charge in [-0.1, -0.05) is 30.9 Å². The quantitative estimate of drug-likeness (QED) is 0.803. The van der Waals surface area contributed by atoms with E-state index >= 15 is 0 Å². The summed E-state index contributed by atoms with van der Waals surface area (Å²) in [5.74, 6) is 1.59. The van der Waals surface area contributed by atoms with Crippen molar-refractivity contribution >= 4 is 39.9 Å². The van der Waals surface area contributed by atoms with Gasteiger partial charge >= 0.3 is 0 Å². The van der Waals surface area contributed by atoms with Crippen molar-refractivity contribution in [1.29, 1.82) is 0 Å². The largest absolute Gasteiger partial charge is 0.351 e. The molecule has 5 nitrogen and oxygen atoms in total. The molecule has 2 bridgehead atoms. The maximum atomic E-state index is 12.6. The molecular weight excluding hydrogens is 372 g/mol. The molecule has 2 atom stereocenters. The molecule has 1 aromatic carbocycles. The van der Waals surface area contributed by atoms with E-state index in [0.29, 0.717) is 35.1 Å². The van der Waals surface area contributed by atoms with E-state index in [1.54, 1.807) is 0 Å². The zero-order valence-corrected chi connectivity index (χ0v) is 16.8. The van der Waals surface area contributed by atoms with Gasteiger partial charge in [0.1, 0.15) is 5.82 Å². The second kappa shape index (κ2) is 7.53. The highest BCUT2D eigenvalue weighted by atomic mass is 35.5. The van der Waals surface area contributed by atoms with Crippen molar-refractivity contribution in [3.05, 3.63) is 29.3 Å². The molecule has 3 aliphatic rings. The topological polar surface area (TPSA) is 57.3 Å². The van der Waals surface area contributed by atoms with Crippen LogP contribution in [0, 0.1) is 5.92 Å². The fourth-order valence-electron chi connectivity index (χ4n) is 5.14. The number of anilines is 2. The minimum absolute atomic E-state index is 0.0632. The minimum Gasteiger partial charge on any atom is -0.351 e. The molecule has 3 fully saturated rings. The lowest BCUT2D eigenvalue weighted by molar-refractivity contribution is -0.117. The highest BCUT2D eigenvalue weighted by molar-refractivity contribution is 6.35. The Hall–Kier alpha value is -1.85. The number of nitrogens with zero attached hydrogens (tertiary/aromatic N) is 2. The van der Waals surface area contributed by atoms with Gasteiger partial charge in [0.15, 0.2) is 0 Å². The third kappa shape index (κ3) is 3.46. The minimum atomic E-state index is 0.0632. The van der Waals surface area contributed by atoms with Crippen LogP contribution in [0.1, 0.15) is 44.9 Å². The average Bonchev–Trinajstić information content (AvgIpc) is 3.34. The van der Waals surface area contributed by atoms with Gasteiger partial charge in [-0.15, -0.1) is 0 Å². The number of hydrogen-bond acceptors (Lipinski definition) is 4. The van der Waals surface area contributed by atoms with Gasteiger partial charge in [-0.2, -0.15) is 0 Å². The second-order valence-corrected chi connectivity index (χ2v) is 8.97. The van der Waals surface area contributed by atoms with E-state index in [9.17, 15) is 4.79 Å². The van der Waals surface area contributed by atoms with Crippen molar-refractivity contribution < 1.29 is 4.79 Å². The molecule has 1 amide bonds. The first-order valence-corrected chi connectivity index (χ1v) is 10.9. The average molecular weight is 399 g/mol. The Labute approximate surface area is 170 Å². The summed E-state index contributed by atoms with van der Waals surface area (Å²) in [4.78, 5) is 19.9. The van der Waals surface area contributed by atoms with Crippen LogP contribution in [-0.2, 0) is 4.79 Å². The zero-order valence-electron chi connectivity index (χ0n) is 16.1. The summed E-state index contributed by atoms with van der Waals surface area (Å²) in [7, 11) is 0. The summed E-state index contributed by atoms with van der Waals surface area (Å²) in [6, 6.07) is 9.04. The predicted molar refractivity (Wildman–Crippen MR) is 114 cm³/mol. The van der Waals surface area contributed by atoms with Crippen molar-refractivity contribution in [1.82, 2.24) is 10.3 Å². The molecule has 2 aromatic rings. The third-order valence-corrected chi connectivity index (χ3v) is 6.93. The summed E-state index contributed by atoms with van der Waals surface area (Å²) in [6.45, 7) is 2.05. The number of piperazine rings is 1. The monoisotopic (exact) mass is 398 g/mol. The molecule has 28 heavy (non-hydrogen) atoms. The van der Waals surface area contributed by atoms with Crippen LogP contribution in [0.2, 0.25) is 5.02 Å². The number of rotatable bonds is 4. The molecule has 1 aliphatic carbocycles. The number of amides is 1. The Morgan fingerprint density at radius 1 is 1.21 bits per heavy atom. The maximum Gasteiger partial charge on any atom is 0.224 e. The molecule has 2 aliphatic heterocycles. The summed E-state index contributed by atoms with van der Waals surface area (Å²) in [5, 5.41) is 8.10. The first kappa shape index (κ1) is 18.2. The van der Waals surface area contributed by atoms with Crippen molar-refractivity contribution in [2.75, 3.05) is 23.3 Å². The van der Waals surface area contributed by atoms with E-state index in [1.807, 2.05) is 12.1 Å². The van der Waals surface area contributed by atoms with Crippen LogP contribution in [0.5, 0.6) is 0 Å². The molecule has 2 unspecified atom stereocenters. The van der Waals surface area contributed by atoms with E-state index in [4.69, 9.17) is 16.6 Å². The van der Waals surface area contributed by atoms with Crippen LogP contribution >= 0.6 is 11.6 Å². The number of hydrogen-bond donors (Lipinski definition) is 2. The zero-order chi connectivity index (χ0) is 19.1. The molecule has 148 valence electrons. The smallest absolute Gasteiger partial charge is 0.224 e. The second-order valence-electron chi connectivity index (χ2n) is 8.56. The Morgan fingerprint density at radius 2 is 2.07 bits per heavy atom. The van der Waals surface area contributed by atoms with Gasteiger partial charge in [-0.05, 0) is 49.4 Å². The first-order valence-electron chi connectivity index (χ1n) is 10.6. The SMILES string of the molecule is O=C(CC1CCCCC1)Nc1c(Cl)ccc2nc(N3CC4CC3CN4)ccc12. The molecule has 3 heterocycles. The standard InChI is InChI=1S/C22H27ClN4O/c23-18-7-8-19-17(22(18)26-21(28)10-14-4-2-1-3-5-14)6-9-20(25-19)27-13-15-11-16(27)12-24-15/h6-9,14-16,24H,1-5,10-13H2,(H,26,28). The maximum absolute atomic E-state index is 12.6. The van der Waals surface area contributed by atoms with Crippen LogP contribution in [0.4, 0.5) is 11.5 Å². The van der Waals surface area contributed by atoms with Gasteiger partial charge in [0, 0.05) is 37.0 Å². The number of halogens is 1. The van der Waals surface area contributed by atoms with Gasteiger partial charge in [0.2, 0.25) is 5.91 Å². The number of fused-ring (bicyclic) bond motifs is 3. The molecule has 6 heteroatoms. The highest BCUT2D eigenvalue weighted by Crippen LogP contribution is 2.35. The fourth-order valence-corrected chi connectivity index (χ4v) is 5.35. The first-order chi connectivity index (χ1) is 13.7. The van der Waals surface area contributed by atoms with Crippen LogP contribution in [0.25, 0.3) is 10.9 Å². The Bertz CT molecular complexity index is 895. The third-order valence-electron chi connectivity index (χ3n) is 6.62. The number of nitrogens with one attached hydrogen (secondary N) is 2. The normalized spacial score (nSPS) is 24.8. The molecule has 0 spiro atoms. The Kier molecular flexibility index (Phi) is 4.89. The molecule has 0 radical (unpaired) electrons. The fraction of sp³-hybridized carbons (Fsp3) is 0.545. The molecule has 5 rings (SSSR count). The van der Waals surface area contributed by atoms with Gasteiger partial charge < -0.3 is 15.5 Å². The Morgan fingerprint density at radius 3 is 2.82 bits per heavy atom. The number of carbonyl (C=O) groups is 1. The summed E-state index contributed by atoms with van der Waals surface area (Å²) >= 11 is 6.45. The van der Waals surface area contributed by atoms with Crippen molar-refractivity contribution in [2.45, 2.75) is 57.0 Å². The predicted octanol–water partition coefficient (Wildman–Crippen LogP) is 4.35. The van der Waals surface area contributed by atoms with Gasteiger partial charge in [-0.25, -0.2) is 4.98 Å². The molecule has 2 N–H and O–H groups in total. The van der Waals surface area contributed by atoms with Crippen molar-refractivity contribution in [3.8, 4) is 0 Å². The number of carbonyl (C=O) groups excluding carboxylic acids is 1. The van der Waals surface area contributed by atoms with Crippen LogP contribution in [-0.4, -0.2) is 36.1 Å². The van der Waals surface area contributed by atoms with E-state index < -0.39 is 0 Å². The van der Waals surface area contributed by atoms with Gasteiger partial charge in [-0.3, -0.25) is 4.79 Å². The van der Waals surface area contributed by atoms with Crippen molar-refractivity contribution in [3.63, 3.8) is 0 Å². The van der Waals surface area contributed by atoms with Crippen LogP contribution in [0.15, 0.2) is 24.3 Å². The van der Waals surface area contributed by atoms with Crippen LogP contribution in [0.3, 0.4) is 0 Å². The number of aromatic nitrogens is 1.